The van der Waals surface area contributed by atoms with Crippen LogP contribution in [0.15, 0.2) is 48.5 Å². The zero-order valence-electron chi connectivity index (χ0n) is 12.6. The maximum absolute atomic E-state index is 12.1. The summed E-state index contributed by atoms with van der Waals surface area (Å²) in [6.45, 7) is 7.04. The molecule has 1 amide bonds. The fourth-order valence-electron chi connectivity index (χ4n) is 2.05. The topological polar surface area (TPSA) is 29.1 Å². The van der Waals surface area contributed by atoms with Gasteiger partial charge in [0.2, 0.25) is 0 Å². The number of carbonyl (C=O) groups is 1. The second kappa shape index (κ2) is 6.31. The van der Waals surface area contributed by atoms with E-state index in [1.165, 1.54) is 5.56 Å². The van der Waals surface area contributed by atoms with Crippen LogP contribution in [-0.2, 0) is 12.0 Å². The standard InChI is InChI=1S/C18H20ClNO/c1-18(2,3)14-10-8-13(9-11-14)12-20-17(21)15-6-4-5-7-16(15)19/h4-11H,12H2,1-3H3,(H,20,21). The Kier molecular flexibility index (Phi) is 4.69. The van der Waals surface area contributed by atoms with Gasteiger partial charge in [-0.2, -0.15) is 0 Å². The van der Waals surface area contributed by atoms with Crippen molar-refractivity contribution in [3.05, 3.63) is 70.2 Å². The fraction of sp³-hybridized carbons (Fsp3) is 0.278. The first kappa shape index (κ1) is 15.6. The minimum Gasteiger partial charge on any atom is -0.348 e. The van der Waals surface area contributed by atoms with Crippen molar-refractivity contribution >= 4 is 17.5 Å². The molecule has 0 saturated heterocycles. The lowest BCUT2D eigenvalue weighted by atomic mass is 9.87. The maximum atomic E-state index is 12.1. The van der Waals surface area contributed by atoms with Crippen LogP contribution in [0, 0.1) is 0 Å². The van der Waals surface area contributed by atoms with E-state index in [0.29, 0.717) is 17.1 Å². The highest BCUT2D eigenvalue weighted by Gasteiger charge is 2.13. The molecule has 110 valence electrons. The van der Waals surface area contributed by atoms with Gasteiger partial charge in [-0.15, -0.1) is 0 Å². The molecule has 0 aliphatic carbocycles. The summed E-state index contributed by atoms with van der Waals surface area (Å²) in [5, 5.41) is 3.36. The summed E-state index contributed by atoms with van der Waals surface area (Å²) >= 11 is 6.01. The normalized spacial score (nSPS) is 11.2. The highest BCUT2D eigenvalue weighted by molar-refractivity contribution is 6.33. The average molecular weight is 302 g/mol. The third kappa shape index (κ3) is 4.08. The van der Waals surface area contributed by atoms with Crippen LogP contribution in [0.5, 0.6) is 0 Å². The van der Waals surface area contributed by atoms with Gasteiger partial charge in [0.15, 0.2) is 0 Å². The van der Waals surface area contributed by atoms with Gasteiger partial charge in [-0.1, -0.05) is 68.8 Å². The number of rotatable bonds is 3. The summed E-state index contributed by atoms with van der Waals surface area (Å²) in [7, 11) is 0. The molecule has 0 heterocycles. The molecule has 2 nitrogen and oxygen atoms in total. The zero-order chi connectivity index (χ0) is 15.5. The van der Waals surface area contributed by atoms with Crippen molar-refractivity contribution in [3.63, 3.8) is 0 Å². The predicted octanol–water partition coefficient (Wildman–Crippen LogP) is 4.57. The van der Waals surface area contributed by atoms with Crippen LogP contribution in [0.3, 0.4) is 0 Å². The Morgan fingerprint density at radius 3 is 2.24 bits per heavy atom. The third-order valence-electron chi connectivity index (χ3n) is 3.39. The van der Waals surface area contributed by atoms with E-state index in [0.717, 1.165) is 5.56 Å². The molecule has 2 aromatic carbocycles. The number of carbonyl (C=O) groups excluding carboxylic acids is 1. The summed E-state index contributed by atoms with van der Waals surface area (Å²) in [6, 6.07) is 15.4. The smallest absolute Gasteiger partial charge is 0.253 e. The van der Waals surface area contributed by atoms with Gasteiger partial charge in [-0.05, 0) is 28.7 Å². The first-order chi connectivity index (χ1) is 9.88. The van der Waals surface area contributed by atoms with Gasteiger partial charge in [0.25, 0.3) is 5.91 Å². The predicted molar refractivity (Wildman–Crippen MR) is 87.8 cm³/mol. The van der Waals surface area contributed by atoms with Crippen LogP contribution < -0.4 is 5.32 Å². The van der Waals surface area contributed by atoms with Crippen molar-refractivity contribution in [2.24, 2.45) is 0 Å². The molecule has 0 fully saturated rings. The van der Waals surface area contributed by atoms with Crippen molar-refractivity contribution in [2.45, 2.75) is 32.7 Å². The number of amides is 1. The minimum absolute atomic E-state index is 0.138. The van der Waals surface area contributed by atoms with E-state index in [9.17, 15) is 4.79 Å². The molecule has 0 radical (unpaired) electrons. The summed E-state index contributed by atoms with van der Waals surface area (Å²) in [5.41, 5.74) is 3.00. The Balaban J connectivity index is 2.00. The van der Waals surface area contributed by atoms with E-state index in [-0.39, 0.29) is 11.3 Å². The fourth-order valence-corrected chi connectivity index (χ4v) is 2.27. The minimum atomic E-state index is -0.152. The molecule has 21 heavy (non-hydrogen) atoms. The lowest BCUT2D eigenvalue weighted by Gasteiger charge is -2.19. The summed E-state index contributed by atoms with van der Waals surface area (Å²) in [5.74, 6) is -0.152. The summed E-state index contributed by atoms with van der Waals surface area (Å²) < 4.78 is 0. The van der Waals surface area contributed by atoms with Crippen molar-refractivity contribution in [2.75, 3.05) is 0 Å². The first-order valence-corrected chi connectivity index (χ1v) is 7.38. The Morgan fingerprint density at radius 1 is 1.05 bits per heavy atom. The molecular weight excluding hydrogens is 282 g/mol. The van der Waals surface area contributed by atoms with Gasteiger partial charge < -0.3 is 5.32 Å². The molecule has 2 aromatic rings. The van der Waals surface area contributed by atoms with Gasteiger partial charge in [0.1, 0.15) is 0 Å². The largest absolute Gasteiger partial charge is 0.348 e. The summed E-state index contributed by atoms with van der Waals surface area (Å²) in [6.07, 6.45) is 0. The summed E-state index contributed by atoms with van der Waals surface area (Å²) in [4.78, 5) is 12.1. The van der Waals surface area contributed by atoms with Crippen molar-refractivity contribution in [1.29, 1.82) is 0 Å². The third-order valence-corrected chi connectivity index (χ3v) is 3.72. The number of hydrogen-bond acceptors (Lipinski definition) is 1. The first-order valence-electron chi connectivity index (χ1n) is 7.00. The molecule has 0 aliphatic rings. The molecule has 0 saturated carbocycles. The lowest BCUT2D eigenvalue weighted by Crippen LogP contribution is -2.23. The number of benzene rings is 2. The average Bonchev–Trinajstić information content (AvgIpc) is 2.45. The van der Waals surface area contributed by atoms with E-state index in [4.69, 9.17) is 11.6 Å². The van der Waals surface area contributed by atoms with Crippen LogP contribution in [0.2, 0.25) is 5.02 Å². The zero-order valence-corrected chi connectivity index (χ0v) is 13.4. The Morgan fingerprint density at radius 2 is 1.67 bits per heavy atom. The van der Waals surface area contributed by atoms with E-state index in [1.54, 1.807) is 18.2 Å². The molecule has 0 atom stereocenters. The monoisotopic (exact) mass is 301 g/mol. The van der Waals surface area contributed by atoms with Crippen LogP contribution in [0.1, 0.15) is 42.3 Å². The van der Waals surface area contributed by atoms with Crippen LogP contribution in [0.25, 0.3) is 0 Å². The van der Waals surface area contributed by atoms with Crippen LogP contribution in [0.4, 0.5) is 0 Å². The molecule has 0 bridgehead atoms. The van der Waals surface area contributed by atoms with Gasteiger partial charge >= 0.3 is 0 Å². The number of nitrogens with one attached hydrogen (secondary N) is 1. The van der Waals surface area contributed by atoms with Gasteiger partial charge in [0, 0.05) is 6.54 Å². The second-order valence-electron chi connectivity index (χ2n) is 6.11. The second-order valence-corrected chi connectivity index (χ2v) is 6.52. The van der Waals surface area contributed by atoms with E-state index in [1.807, 2.05) is 18.2 Å². The quantitative estimate of drug-likeness (QED) is 0.884. The van der Waals surface area contributed by atoms with Crippen molar-refractivity contribution < 1.29 is 4.79 Å². The Labute approximate surface area is 131 Å². The van der Waals surface area contributed by atoms with Crippen LogP contribution >= 0.6 is 11.6 Å². The van der Waals surface area contributed by atoms with Crippen molar-refractivity contribution in [3.8, 4) is 0 Å². The van der Waals surface area contributed by atoms with Crippen LogP contribution in [-0.4, -0.2) is 5.91 Å². The SMILES string of the molecule is CC(C)(C)c1ccc(CNC(=O)c2ccccc2Cl)cc1. The lowest BCUT2D eigenvalue weighted by molar-refractivity contribution is 0.0951. The molecule has 0 spiro atoms. The van der Waals surface area contributed by atoms with E-state index in [2.05, 4.69) is 38.2 Å². The Hall–Kier alpha value is -1.80. The molecule has 0 aliphatic heterocycles. The highest BCUT2D eigenvalue weighted by atomic mass is 35.5. The highest BCUT2D eigenvalue weighted by Crippen LogP contribution is 2.22. The van der Waals surface area contributed by atoms with Gasteiger partial charge in [-0.3, -0.25) is 4.79 Å². The molecular formula is C18H20ClNO. The Bertz CT molecular complexity index is 626. The van der Waals surface area contributed by atoms with Crippen molar-refractivity contribution in [1.82, 2.24) is 5.32 Å². The van der Waals surface area contributed by atoms with E-state index >= 15 is 0 Å². The molecule has 1 N–H and O–H groups in total. The maximum Gasteiger partial charge on any atom is 0.253 e. The van der Waals surface area contributed by atoms with Gasteiger partial charge in [0.05, 0.1) is 10.6 Å². The van der Waals surface area contributed by atoms with Gasteiger partial charge in [-0.25, -0.2) is 0 Å². The number of hydrogen-bond donors (Lipinski definition) is 1. The molecule has 0 aromatic heterocycles. The van der Waals surface area contributed by atoms with E-state index < -0.39 is 0 Å². The number of halogens is 1. The molecule has 2 rings (SSSR count). The molecule has 0 unspecified atom stereocenters. The molecule has 3 heteroatoms.